The number of hydrogen-bond donors (Lipinski definition) is 1. The van der Waals surface area contributed by atoms with Gasteiger partial charge in [-0.2, -0.15) is 0 Å². The van der Waals surface area contributed by atoms with Gasteiger partial charge in [0.15, 0.2) is 0 Å². The summed E-state index contributed by atoms with van der Waals surface area (Å²) in [7, 11) is 4.05. The quantitative estimate of drug-likeness (QED) is 0.820. The van der Waals surface area contributed by atoms with Crippen molar-refractivity contribution in [3.05, 3.63) is 17.6 Å². The van der Waals surface area contributed by atoms with Crippen molar-refractivity contribution in [1.29, 1.82) is 0 Å². The van der Waals surface area contributed by atoms with E-state index >= 15 is 0 Å². The van der Waals surface area contributed by atoms with Crippen molar-refractivity contribution in [2.75, 3.05) is 25.5 Å². The molecular weight excluding hydrogens is 212 g/mol. The molecule has 1 N–H and O–H groups in total. The van der Waals surface area contributed by atoms with E-state index in [9.17, 15) is 0 Å². The first-order valence-corrected chi connectivity index (χ1v) is 6.26. The number of aromatic nitrogens is 2. The molecule has 1 aromatic heterocycles. The van der Waals surface area contributed by atoms with Crippen LogP contribution in [0, 0.1) is 12.8 Å². The summed E-state index contributed by atoms with van der Waals surface area (Å²) in [6, 6.07) is 0. The molecule has 0 amide bonds. The lowest BCUT2D eigenvalue weighted by molar-refractivity contribution is 0.556. The summed E-state index contributed by atoms with van der Waals surface area (Å²) in [5, 5.41) is 3.16. The molecule has 0 aliphatic heterocycles. The molecule has 0 aromatic carbocycles. The first-order valence-electron chi connectivity index (χ1n) is 6.26. The van der Waals surface area contributed by atoms with Gasteiger partial charge in [-0.05, 0) is 19.9 Å². The van der Waals surface area contributed by atoms with E-state index < -0.39 is 0 Å². The molecule has 0 fully saturated rings. The predicted octanol–water partition coefficient (Wildman–Crippen LogP) is 1.99. The zero-order valence-corrected chi connectivity index (χ0v) is 11.6. The highest BCUT2D eigenvalue weighted by atomic mass is 15.2. The SMILES string of the molecule is CCC(C)CN(C)c1nc(C)ncc1CNC. The Morgan fingerprint density at radius 2 is 2.18 bits per heavy atom. The lowest BCUT2D eigenvalue weighted by atomic mass is 10.1. The molecule has 0 spiro atoms. The number of nitrogens with one attached hydrogen (secondary N) is 1. The van der Waals surface area contributed by atoms with E-state index in [4.69, 9.17) is 0 Å². The highest BCUT2D eigenvalue weighted by Gasteiger charge is 2.12. The molecule has 17 heavy (non-hydrogen) atoms. The number of aryl methyl sites for hydroxylation is 1. The fourth-order valence-electron chi connectivity index (χ4n) is 1.81. The number of nitrogens with zero attached hydrogens (tertiary/aromatic N) is 3. The number of hydrogen-bond acceptors (Lipinski definition) is 4. The summed E-state index contributed by atoms with van der Waals surface area (Å²) in [5.74, 6) is 2.56. The van der Waals surface area contributed by atoms with Crippen LogP contribution in [0.25, 0.3) is 0 Å². The van der Waals surface area contributed by atoms with Crippen molar-refractivity contribution >= 4 is 5.82 Å². The lowest BCUT2D eigenvalue weighted by Gasteiger charge is -2.24. The summed E-state index contributed by atoms with van der Waals surface area (Å²) in [5.41, 5.74) is 1.16. The van der Waals surface area contributed by atoms with Crippen LogP contribution < -0.4 is 10.2 Å². The normalized spacial score (nSPS) is 12.5. The van der Waals surface area contributed by atoms with E-state index in [0.717, 1.165) is 30.3 Å². The van der Waals surface area contributed by atoms with Crippen LogP contribution in [0.2, 0.25) is 0 Å². The van der Waals surface area contributed by atoms with Crippen LogP contribution >= 0.6 is 0 Å². The molecule has 0 saturated heterocycles. The fraction of sp³-hybridized carbons (Fsp3) is 0.692. The molecule has 0 radical (unpaired) electrons. The summed E-state index contributed by atoms with van der Waals surface area (Å²) in [4.78, 5) is 11.0. The van der Waals surface area contributed by atoms with Gasteiger partial charge < -0.3 is 10.2 Å². The Labute approximate surface area is 104 Å². The van der Waals surface area contributed by atoms with E-state index in [1.807, 2.05) is 20.2 Å². The van der Waals surface area contributed by atoms with Crippen LogP contribution in [0.5, 0.6) is 0 Å². The minimum absolute atomic E-state index is 0.678. The highest BCUT2D eigenvalue weighted by Crippen LogP contribution is 2.17. The van der Waals surface area contributed by atoms with Gasteiger partial charge in [0, 0.05) is 31.9 Å². The molecule has 1 unspecified atom stereocenters. The van der Waals surface area contributed by atoms with Crippen molar-refractivity contribution in [3.63, 3.8) is 0 Å². The van der Waals surface area contributed by atoms with Crippen molar-refractivity contribution in [2.24, 2.45) is 5.92 Å². The maximum absolute atomic E-state index is 4.55. The average Bonchev–Trinajstić information content (AvgIpc) is 2.31. The molecule has 0 aliphatic rings. The van der Waals surface area contributed by atoms with Crippen molar-refractivity contribution in [2.45, 2.75) is 33.7 Å². The minimum Gasteiger partial charge on any atom is -0.359 e. The predicted molar refractivity (Wildman–Crippen MR) is 72.3 cm³/mol. The first kappa shape index (κ1) is 13.9. The van der Waals surface area contributed by atoms with Crippen LogP contribution in [0.4, 0.5) is 5.82 Å². The monoisotopic (exact) mass is 236 g/mol. The third kappa shape index (κ3) is 3.97. The lowest BCUT2D eigenvalue weighted by Crippen LogP contribution is -2.27. The largest absolute Gasteiger partial charge is 0.359 e. The number of anilines is 1. The number of rotatable bonds is 6. The Balaban J connectivity index is 2.89. The van der Waals surface area contributed by atoms with Crippen LogP contribution in [0.15, 0.2) is 6.20 Å². The Kier molecular flexibility index (Phi) is 5.35. The van der Waals surface area contributed by atoms with Crippen molar-refractivity contribution in [1.82, 2.24) is 15.3 Å². The van der Waals surface area contributed by atoms with Gasteiger partial charge in [0.25, 0.3) is 0 Å². The first-order chi connectivity index (χ1) is 8.08. The molecule has 1 heterocycles. The van der Waals surface area contributed by atoms with Crippen molar-refractivity contribution in [3.8, 4) is 0 Å². The molecule has 1 aromatic rings. The third-order valence-electron chi connectivity index (χ3n) is 2.97. The van der Waals surface area contributed by atoms with Gasteiger partial charge in [-0.1, -0.05) is 20.3 Å². The second-order valence-electron chi connectivity index (χ2n) is 4.69. The Hall–Kier alpha value is -1.16. The van der Waals surface area contributed by atoms with Gasteiger partial charge in [0.1, 0.15) is 11.6 Å². The summed E-state index contributed by atoms with van der Waals surface area (Å²) in [6.45, 7) is 8.26. The minimum atomic E-state index is 0.678. The van der Waals surface area contributed by atoms with Gasteiger partial charge in [0.2, 0.25) is 0 Å². The molecule has 4 nitrogen and oxygen atoms in total. The molecule has 0 bridgehead atoms. The van der Waals surface area contributed by atoms with E-state index in [1.54, 1.807) is 0 Å². The van der Waals surface area contributed by atoms with E-state index in [-0.39, 0.29) is 0 Å². The van der Waals surface area contributed by atoms with Crippen LogP contribution in [-0.4, -0.2) is 30.6 Å². The van der Waals surface area contributed by atoms with Crippen LogP contribution in [-0.2, 0) is 6.54 Å². The highest BCUT2D eigenvalue weighted by molar-refractivity contribution is 5.45. The maximum atomic E-state index is 4.55. The topological polar surface area (TPSA) is 41.1 Å². The second-order valence-corrected chi connectivity index (χ2v) is 4.69. The molecule has 96 valence electrons. The molecule has 0 aliphatic carbocycles. The van der Waals surface area contributed by atoms with Gasteiger partial charge in [-0.25, -0.2) is 9.97 Å². The Bertz CT molecular complexity index is 351. The zero-order valence-electron chi connectivity index (χ0n) is 11.6. The molecule has 4 heteroatoms. The maximum Gasteiger partial charge on any atom is 0.136 e. The molecular formula is C13H24N4. The smallest absolute Gasteiger partial charge is 0.136 e. The van der Waals surface area contributed by atoms with E-state index in [0.29, 0.717) is 5.92 Å². The van der Waals surface area contributed by atoms with E-state index in [1.165, 1.54) is 6.42 Å². The second kappa shape index (κ2) is 6.55. The van der Waals surface area contributed by atoms with Gasteiger partial charge >= 0.3 is 0 Å². The zero-order chi connectivity index (χ0) is 12.8. The molecule has 1 atom stereocenters. The summed E-state index contributed by atoms with van der Waals surface area (Å²) >= 11 is 0. The summed E-state index contributed by atoms with van der Waals surface area (Å²) in [6.07, 6.45) is 3.11. The van der Waals surface area contributed by atoms with E-state index in [2.05, 4.69) is 41.1 Å². The van der Waals surface area contributed by atoms with Crippen LogP contribution in [0.3, 0.4) is 0 Å². The molecule has 1 rings (SSSR count). The van der Waals surface area contributed by atoms with Crippen molar-refractivity contribution < 1.29 is 0 Å². The third-order valence-corrected chi connectivity index (χ3v) is 2.97. The Morgan fingerprint density at radius 1 is 1.47 bits per heavy atom. The van der Waals surface area contributed by atoms with Gasteiger partial charge in [-0.3, -0.25) is 0 Å². The summed E-state index contributed by atoms with van der Waals surface area (Å²) < 4.78 is 0. The van der Waals surface area contributed by atoms with Crippen LogP contribution in [0.1, 0.15) is 31.7 Å². The average molecular weight is 236 g/mol. The fourth-order valence-corrected chi connectivity index (χ4v) is 1.81. The molecule has 0 saturated carbocycles. The standard InChI is InChI=1S/C13H24N4/c1-6-10(2)9-17(5)13-12(7-14-4)8-15-11(3)16-13/h8,10,14H,6-7,9H2,1-5H3. The van der Waals surface area contributed by atoms with Gasteiger partial charge in [0.05, 0.1) is 0 Å². The Morgan fingerprint density at radius 3 is 2.76 bits per heavy atom. The van der Waals surface area contributed by atoms with Gasteiger partial charge in [-0.15, -0.1) is 0 Å².